The molecule has 1 aliphatic heterocycles. The van der Waals surface area contributed by atoms with Crippen LogP contribution >= 0.6 is 15.9 Å². The molecule has 2 atom stereocenters. The van der Waals surface area contributed by atoms with Crippen LogP contribution in [0.4, 0.5) is 0 Å². The molecule has 20 heavy (non-hydrogen) atoms. The molecule has 1 saturated heterocycles. The Hall–Kier alpha value is -0.380. The van der Waals surface area contributed by atoms with Gasteiger partial charge in [-0.1, -0.05) is 46.3 Å². The van der Waals surface area contributed by atoms with Gasteiger partial charge in [-0.25, -0.2) is 0 Å². The van der Waals surface area contributed by atoms with Gasteiger partial charge in [0, 0.05) is 16.4 Å². The van der Waals surface area contributed by atoms with Crippen molar-refractivity contribution >= 4 is 15.9 Å². The van der Waals surface area contributed by atoms with Crippen LogP contribution < -0.4 is 0 Å². The Morgan fingerprint density at radius 1 is 1.15 bits per heavy atom. The van der Waals surface area contributed by atoms with Gasteiger partial charge >= 0.3 is 0 Å². The lowest BCUT2D eigenvalue weighted by molar-refractivity contribution is -0.151. The molecular formula is C17H26BrNO. The summed E-state index contributed by atoms with van der Waals surface area (Å²) in [6.07, 6.45) is 0.295. The zero-order chi connectivity index (χ0) is 15.0. The van der Waals surface area contributed by atoms with Crippen molar-refractivity contribution in [1.82, 2.24) is 4.90 Å². The van der Waals surface area contributed by atoms with Crippen molar-refractivity contribution in [2.24, 2.45) is 0 Å². The van der Waals surface area contributed by atoms with Crippen LogP contribution in [-0.4, -0.2) is 33.5 Å². The third-order valence-corrected chi connectivity index (χ3v) is 4.41. The molecule has 0 spiro atoms. The van der Waals surface area contributed by atoms with Gasteiger partial charge in [0.25, 0.3) is 0 Å². The van der Waals surface area contributed by atoms with Crippen LogP contribution in [0.2, 0.25) is 0 Å². The summed E-state index contributed by atoms with van der Waals surface area (Å²) in [4.78, 5) is 2.53. The number of ether oxygens (including phenoxy) is 1. The highest BCUT2D eigenvalue weighted by molar-refractivity contribution is 9.10. The number of benzene rings is 1. The molecule has 0 radical (unpaired) electrons. The van der Waals surface area contributed by atoms with Crippen molar-refractivity contribution in [3.05, 3.63) is 35.9 Å². The number of nitrogens with zero attached hydrogens (tertiary/aromatic N) is 1. The highest BCUT2D eigenvalue weighted by Gasteiger charge is 2.51. The number of hydrogen-bond donors (Lipinski definition) is 0. The van der Waals surface area contributed by atoms with E-state index in [-0.39, 0.29) is 9.86 Å². The monoisotopic (exact) mass is 339 g/mol. The zero-order valence-corrected chi connectivity index (χ0v) is 14.8. The highest BCUT2D eigenvalue weighted by Crippen LogP contribution is 2.40. The van der Waals surface area contributed by atoms with Gasteiger partial charge < -0.3 is 4.74 Å². The third kappa shape index (κ3) is 3.63. The Morgan fingerprint density at radius 3 is 2.25 bits per heavy atom. The molecule has 2 rings (SSSR count). The number of halogens is 1. The first kappa shape index (κ1) is 16.0. The molecule has 0 N–H and O–H groups in total. The molecular weight excluding hydrogens is 314 g/mol. The number of likely N-dealkylation sites (tertiary alicyclic amines) is 1. The summed E-state index contributed by atoms with van der Waals surface area (Å²) < 4.78 is 6.21. The average Bonchev–Trinajstić information content (AvgIpc) is 2.24. The zero-order valence-electron chi connectivity index (χ0n) is 13.2. The second-order valence-corrected chi connectivity index (χ2v) is 9.21. The fourth-order valence-corrected chi connectivity index (χ4v) is 3.44. The van der Waals surface area contributed by atoms with Crippen LogP contribution in [0.3, 0.4) is 0 Å². The maximum absolute atomic E-state index is 6.16. The average molecular weight is 340 g/mol. The molecule has 1 aliphatic rings. The first-order valence-electron chi connectivity index (χ1n) is 7.31. The molecule has 1 fully saturated rings. The fourth-order valence-electron chi connectivity index (χ4n) is 2.90. The molecule has 0 amide bonds. The van der Waals surface area contributed by atoms with Crippen molar-refractivity contribution in [2.75, 3.05) is 6.54 Å². The second-order valence-electron chi connectivity index (χ2n) is 7.17. The summed E-state index contributed by atoms with van der Waals surface area (Å²) in [5.74, 6) is 0. The number of rotatable bonds is 4. The first-order valence-corrected chi connectivity index (χ1v) is 8.10. The maximum Gasteiger partial charge on any atom is 0.0875 e. The fraction of sp³-hybridized carbons (Fsp3) is 0.647. The van der Waals surface area contributed by atoms with Gasteiger partial charge in [0.05, 0.1) is 18.8 Å². The quantitative estimate of drug-likeness (QED) is 0.761. The lowest BCUT2D eigenvalue weighted by Crippen LogP contribution is -2.72. The van der Waals surface area contributed by atoms with Gasteiger partial charge in [-0.05, 0) is 40.2 Å². The minimum atomic E-state index is 0.0554. The van der Waals surface area contributed by atoms with Crippen molar-refractivity contribution in [3.63, 3.8) is 0 Å². The lowest BCUT2D eigenvalue weighted by atomic mass is 9.83. The van der Waals surface area contributed by atoms with Gasteiger partial charge in [-0.3, -0.25) is 4.90 Å². The van der Waals surface area contributed by atoms with Crippen LogP contribution in [0.25, 0.3) is 0 Å². The number of alkyl halides is 1. The van der Waals surface area contributed by atoms with E-state index >= 15 is 0 Å². The van der Waals surface area contributed by atoms with Gasteiger partial charge in [0.15, 0.2) is 0 Å². The molecule has 0 unspecified atom stereocenters. The Morgan fingerprint density at radius 2 is 1.75 bits per heavy atom. The van der Waals surface area contributed by atoms with Gasteiger partial charge in [-0.2, -0.15) is 0 Å². The van der Waals surface area contributed by atoms with E-state index in [1.165, 1.54) is 5.56 Å². The van der Waals surface area contributed by atoms with Crippen LogP contribution in [0.15, 0.2) is 30.3 Å². The summed E-state index contributed by atoms with van der Waals surface area (Å²) in [6.45, 7) is 13.0. The summed E-state index contributed by atoms with van der Waals surface area (Å²) in [5, 5.41) is 0. The first-order chi connectivity index (χ1) is 9.19. The minimum absolute atomic E-state index is 0.0554. The van der Waals surface area contributed by atoms with Crippen LogP contribution in [0, 0.1) is 0 Å². The van der Waals surface area contributed by atoms with Crippen LogP contribution in [0.5, 0.6) is 0 Å². The van der Waals surface area contributed by atoms with E-state index < -0.39 is 0 Å². The smallest absolute Gasteiger partial charge is 0.0875 e. The molecule has 0 aliphatic carbocycles. The summed E-state index contributed by atoms with van der Waals surface area (Å²) in [6, 6.07) is 10.8. The van der Waals surface area contributed by atoms with Gasteiger partial charge in [-0.15, -0.1) is 0 Å². The van der Waals surface area contributed by atoms with E-state index in [0.717, 1.165) is 6.54 Å². The molecule has 3 heteroatoms. The Balaban J connectivity index is 1.99. The molecule has 2 nitrogen and oxygen atoms in total. The molecule has 0 aromatic heterocycles. The van der Waals surface area contributed by atoms with Crippen molar-refractivity contribution in [1.29, 1.82) is 0 Å². The Labute approximate surface area is 131 Å². The molecule has 1 aromatic carbocycles. The van der Waals surface area contributed by atoms with Gasteiger partial charge in [0.2, 0.25) is 0 Å². The van der Waals surface area contributed by atoms with E-state index in [1.807, 2.05) is 6.07 Å². The highest BCUT2D eigenvalue weighted by atomic mass is 79.9. The molecule has 112 valence electrons. The van der Waals surface area contributed by atoms with E-state index in [9.17, 15) is 0 Å². The minimum Gasteiger partial charge on any atom is -0.371 e. The molecule has 0 bridgehead atoms. The molecule has 1 aromatic rings. The number of hydrogen-bond acceptors (Lipinski definition) is 2. The summed E-state index contributed by atoms with van der Waals surface area (Å²) in [5.41, 5.74) is 1.43. The second kappa shape index (κ2) is 5.78. The predicted molar refractivity (Wildman–Crippen MR) is 88.3 cm³/mol. The van der Waals surface area contributed by atoms with Crippen molar-refractivity contribution < 1.29 is 4.74 Å². The maximum atomic E-state index is 6.16. The largest absolute Gasteiger partial charge is 0.371 e. The summed E-state index contributed by atoms with van der Waals surface area (Å²) >= 11 is 3.83. The SMILES string of the molecule is CC(C)(Br)[C@@H]1[C@H](OCc2ccccc2)CN1C(C)(C)C. The Bertz CT molecular complexity index is 433. The normalized spacial score (nSPS) is 24.5. The molecule has 1 heterocycles. The van der Waals surface area contributed by atoms with E-state index in [4.69, 9.17) is 4.74 Å². The van der Waals surface area contributed by atoms with E-state index in [0.29, 0.717) is 18.8 Å². The third-order valence-electron chi connectivity index (χ3n) is 3.94. The predicted octanol–water partition coefficient (Wildman–Crippen LogP) is 4.23. The van der Waals surface area contributed by atoms with E-state index in [2.05, 4.69) is 79.7 Å². The van der Waals surface area contributed by atoms with E-state index in [1.54, 1.807) is 0 Å². The molecule has 0 saturated carbocycles. The lowest BCUT2D eigenvalue weighted by Gasteiger charge is -2.58. The van der Waals surface area contributed by atoms with Crippen molar-refractivity contribution in [2.45, 2.75) is 63.2 Å². The van der Waals surface area contributed by atoms with Crippen LogP contribution in [0.1, 0.15) is 40.2 Å². The van der Waals surface area contributed by atoms with Crippen LogP contribution in [-0.2, 0) is 11.3 Å². The topological polar surface area (TPSA) is 12.5 Å². The van der Waals surface area contributed by atoms with Crippen molar-refractivity contribution in [3.8, 4) is 0 Å². The Kier molecular flexibility index (Phi) is 4.63. The standard InChI is InChI=1S/C17H26BrNO/c1-16(2,3)19-11-14(15(19)17(4,5)18)20-12-13-9-7-6-8-10-13/h6-10,14-15H,11-12H2,1-5H3/t14-,15+/m1/s1. The van der Waals surface area contributed by atoms with Gasteiger partial charge in [0.1, 0.15) is 0 Å². The summed E-state index contributed by atoms with van der Waals surface area (Å²) in [7, 11) is 0.